The molecule has 1 atom stereocenters. The van der Waals surface area contributed by atoms with Gasteiger partial charge in [0.05, 0.1) is 6.61 Å². The summed E-state index contributed by atoms with van der Waals surface area (Å²) in [4.78, 5) is 0. The van der Waals surface area contributed by atoms with Gasteiger partial charge in [-0.15, -0.1) is 0 Å². The highest BCUT2D eigenvalue weighted by atomic mass is 19.4. The largest absolute Gasteiger partial charge is 0.411 e. The van der Waals surface area contributed by atoms with Crippen LogP contribution in [0.4, 0.5) is 13.2 Å². The minimum absolute atomic E-state index is 0.169. The number of unbranched alkanes of at least 4 members (excludes halogenated alkanes) is 1. The van der Waals surface area contributed by atoms with Crippen LogP contribution in [-0.2, 0) is 4.74 Å². The van der Waals surface area contributed by atoms with Gasteiger partial charge in [0.2, 0.25) is 0 Å². The lowest BCUT2D eigenvalue weighted by molar-refractivity contribution is -0.181. The summed E-state index contributed by atoms with van der Waals surface area (Å²) in [7, 11) is 0. The van der Waals surface area contributed by atoms with Gasteiger partial charge in [0.1, 0.15) is 6.61 Å². The summed E-state index contributed by atoms with van der Waals surface area (Å²) in [6.07, 6.45) is -0.424. The number of alkyl halides is 3. The molecule has 110 valence electrons. The highest BCUT2D eigenvalue weighted by Gasteiger charge is 2.32. The first-order valence-electron chi connectivity index (χ1n) is 6.74. The van der Waals surface area contributed by atoms with E-state index in [0.29, 0.717) is 0 Å². The van der Waals surface area contributed by atoms with Crippen LogP contribution in [0.25, 0.3) is 0 Å². The second-order valence-electron chi connectivity index (χ2n) is 4.85. The quantitative estimate of drug-likeness (QED) is 0.652. The van der Waals surface area contributed by atoms with E-state index in [4.69, 9.17) is 4.74 Å². The van der Waals surface area contributed by atoms with E-state index in [1.54, 1.807) is 0 Å². The smallest absolute Gasteiger partial charge is 0.371 e. The zero-order chi connectivity index (χ0) is 14.1. The van der Waals surface area contributed by atoms with Crippen molar-refractivity contribution in [2.75, 3.05) is 26.3 Å². The van der Waals surface area contributed by atoms with E-state index in [1.165, 1.54) is 0 Å². The molecule has 0 heterocycles. The summed E-state index contributed by atoms with van der Waals surface area (Å²) in [5.74, 6) is 0. The van der Waals surface area contributed by atoms with Gasteiger partial charge < -0.3 is 10.1 Å². The maximum absolute atomic E-state index is 12.1. The van der Waals surface area contributed by atoms with E-state index in [-0.39, 0.29) is 12.0 Å². The van der Waals surface area contributed by atoms with Gasteiger partial charge in [-0.3, -0.25) is 0 Å². The third-order valence-electron chi connectivity index (χ3n) is 3.23. The van der Waals surface area contributed by atoms with Gasteiger partial charge in [-0.25, -0.2) is 0 Å². The van der Waals surface area contributed by atoms with Crippen molar-refractivity contribution in [1.29, 1.82) is 0 Å². The molecule has 0 saturated carbocycles. The Morgan fingerprint density at radius 3 is 2.17 bits per heavy atom. The fraction of sp³-hybridized carbons (Fsp3) is 1.00. The standard InChI is InChI=1S/C13H26F3NO/c1-4-7-8-12(5-2,9-17-6-3)10-18-11-13(14,15)16/h17H,4-11H2,1-3H3. The molecule has 0 bridgehead atoms. The molecule has 0 saturated heterocycles. The average Bonchev–Trinajstić information content (AvgIpc) is 2.31. The molecule has 1 unspecified atom stereocenters. The minimum atomic E-state index is -4.23. The van der Waals surface area contributed by atoms with Gasteiger partial charge in [-0.05, 0) is 19.4 Å². The fourth-order valence-corrected chi connectivity index (χ4v) is 1.94. The van der Waals surface area contributed by atoms with Gasteiger partial charge >= 0.3 is 6.18 Å². The van der Waals surface area contributed by atoms with Gasteiger partial charge in [0, 0.05) is 12.0 Å². The van der Waals surface area contributed by atoms with Crippen molar-refractivity contribution in [3.63, 3.8) is 0 Å². The summed E-state index contributed by atoms with van der Waals surface area (Å²) in [5, 5.41) is 3.24. The summed E-state index contributed by atoms with van der Waals surface area (Å²) in [6.45, 7) is 6.68. The van der Waals surface area contributed by atoms with E-state index in [0.717, 1.165) is 38.8 Å². The molecule has 5 heteroatoms. The lowest BCUT2D eigenvalue weighted by atomic mass is 9.81. The molecule has 1 N–H and O–H groups in total. The molecule has 0 spiro atoms. The highest BCUT2D eigenvalue weighted by molar-refractivity contribution is 4.80. The van der Waals surface area contributed by atoms with Gasteiger partial charge in [-0.1, -0.05) is 33.6 Å². The Labute approximate surface area is 108 Å². The van der Waals surface area contributed by atoms with Crippen molar-refractivity contribution in [1.82, 2.24) is 5.32 Å². The van der Waals surface area contributed by atoms with Crippen molar-refractivity contribution >= 4 is 0 Å². The van der Waals surface area contributed by atoms with E-state index >= 15 is 0 Å². The van der Waals surface area contributed by atoms with Crippen LogP contribution in [0.5, 0.6) is 0 Å². The SMILES string of the molecule is CCCCC(CC)(CNCC)COCC(F)(F)F. The maximum atomic E-state index is 12.1. The maximum Gasteiger partial charge on any atom is 0.411 e. The average molecular weight is 269 g/mol. The van der Waals surface area contributed by atoms with Crippen LogP contribution in [0.1, 0.15) is 46.5 Å². The molecule has 0 aliphatic rings. The molecule has 0 fully saturated rings. The van der Waals surface area contributed by atoms with Crippen molar-refractivity contribution in [3.8, 4) is 0 Å². The summed E-state index contributed by atoms with van der Waals surface area (Å²) < 4.78 is 41.2. The van der Waals surface area contributed by atoms with E-state index in [9.17, 15) is 13.2 Å². The normalized spacial score (nSPS) is 15.7. The fourth-order valence-electron chi connectivity index (χ4n) is 1.94. The zero-order valence-corrected chi connectivity index (χ0v) is 11.7. The molecule has 0 aliphatic carbocycles. The van der Waals surface area contributed by atoms with E-state index in [2.05, 4.69) is 12.2 Å². The van der Waals surface area contributed by atoms with Crippen LogP contribution in [0, 0.1) is 5.41 Å². The highest BCUT2D eigenvalue weighted by Crippen LogP contribution is 2.29. The molecule has 0 aromatic rings. The molecule has 0 aromatic carbocycles. The number of hydrogen-bond acceptors (Lipinski definition) is 2. The van der Waals surface area contributed by atoms with Crippen molar-refractivity contribution in [2.45, 2.75) is 52.6 Å². The molecular weight excluding hydrogens is 243 g/mol. The Bertz CT molecular complexity index is 199. The first-order chi connectivity index (χ1) is 8.39. The minimum Gasteiger partial charge on any atom is -0.371 e. The summed E-state index contributed by atoms with van der Waals surface area (Å²) in [5.41, 5.74) is -0.169. The lowest BCUT2D eigenvalue weighted by Gasteiger charge is -2.33. The number of nitrogens with one attached hydrogen (secondary N) is 1. The Hall–Kier alpha value is -0.290. The first-order valence-corrected chi connectivity index (χ1v) is 6.74. The molecule has 0 aliphatic heterocycles. The molecule has 18 heavy (non-hydrogen) atoms. The predicted octanol–water partition coefficient (Wildman–Crippen LogP) is 3.76. The van der Waals surface area contributed by atoms with Crippen LogP contribution in [0.15, 0.2) is 0 Å². The third kappa shape index (κ3) is 7.93. The molecule has 0 rings (SSSR count). The number of halogens is 3. The van der Waals surface area contributed by atoms with Crippen molar-refractivity contribution in [3.05, 3.63) is 0 Å². The monoisotopic (exact) mass is 269 g/mol. The topological polar surface area (TPSA) is 21.3 Å². The molecular formula is C13H26F3NO. The zero-order valence-electron chi connectivity index (χ0n) is 11.7. The second kappa shape index (κ2) is 8.75. The Balaban J connectivity index is 4.32. The van der Waals surface area contributed by atoms with E-state index in [1.807, 2.05) is 13.8 Å². The molecule has 0 aromatic heterocycles. The van der Waals surface area contributed by atoms with Gasteiger partial charge in [0.25, 0.3) is 0 Å². The molecule has 2 nitrogen and oxygen atoms in total. The van der Waals surface area contributed by atoms with Crippen LogP contribution in [0.3, 0.4) is 0 Å². The number of hydrogen-bond donors (Lipinski definition) is 1. The molecule has 0 radical (unpaired) electrons. The van der Waals surface area contributed by atoms with E-state index < -0.39 is 12.8 Å². The Kier molecular flexibility index (Phi) is 8.61. The number of rotatable bonds is 10. The van der Waals surface area contributed by atoms with Crippen molar-refractivity contribution < 1.29 is 17.9 Å². The Morgan fingerprint density at radius 1 is 1.06 bits per heavy atom. The Morgan fingerprint density at radius 2 is 1.72 bits per heavy atom. The van der Waals surface area contributed by atoms with Gasteiger partial charge in [0.15, 0.2) is 0 Å². The summed E-state index contributed by atoms with van der Waals surface area (Å²) in [6, 6.07) is 0. The van der Waals surface area contributed by atoms with Crippen LogP contribution >= 0.6 is 0 Å². The lowest BCUT2D eigenvalue weighted by Crippen LogP contribution is -2.38. The van der Waals surface area contributed by atoms with Crippen LogP contribution in [0.2, 0.25) is 0 Å². The predicted molar refractivity (Wildman–Crippen MR) is 67.7 cm³/mol. The first kappa shape index (κ1) is 17.7. The van der Waals surface area contributed by atoms with Crippen LogP contribution < -0.4 is 5.32 Å². The number of ether oxygens (including phenoxy) is 1. The van der Waals surface area contributed by atoms with Crippen molar-refractivity contribution in [2.24, 2.45) is 5.41 Å². The summed E-state index contributed by atoms with van der Waals surface area (Å²) >= 11 is 0. The molecule has 0 amide bonds. The van der Waals surface area contributed by atoms with Gasteiger partial charge in [-0.2, -0.15) is 13.2 Å². The second-order valence-corrected chi connectivity index (χ2v) is 4.85. The third-order valence-corrected chi connectivity index (χ3v) is 3.23. The van der Waals surface area contributed by atoms with Crippen LogP contribution in [-0.4, -0.2) is 32.5 Å².